The van der Waals surface area contributed by atoms with Crippen molar-refractivity contribution in [1.82, 2.24) is 25.3 Å². The van der Waals surface area contributed by atoms with E-state index < -0.39 is 0 Å². The molecule has 1 aliphatic heterocycles. The Balaban J connectivity index is 1.36. The Kier molecular flexibility index (Phi) is 7.08. The Morgan fingerprint density at radius 2 is 1.86 bits per heavy atom. The lowest BCUT2D eigenvalue weighted by Crippen LogP contribution is -2.44. The van der Waals surface area contributed by atoms with Crippen molar-refractivity contribution < 1.29 is 9.53 Å². The molecule has 0 saturated carbocycles. The lowest BCUT2D eigenvalue weighted by molar-refractivity contribution is -0.125. The van der Waals surface area contributed by atoms with Gasteiger partial charge in [0.05, 0.1) is 35.5 Å². The van der Waals surface area contributed by atoms with Gasteiger partial charge in [0.1, 0.15) is 11.3 Å². The van der Waals surface area contributed by atoms with Gasteiger partial charge in [0, 0.05) is 19.6 Å². The summed E-state index contributed by atoms with van der Waals surface area (Å²) in [4.78, 5) is 15.3. The fraction of sp³-hybridized carbons (Fsp3) is 0.379. The van der Waals surface area contributed by atoms with Crippen LogP contribution in [0.3, 0.4) is 0 Å². The van der Waals surface area contributed by atoms with Crippen molar-refractivity contribution in [3.05, 3.63) is 71.5 Å². The topological polar surface area (TPSA) is 85.2 Å². The molecule has 0 aliphatic carbocycles. The van der Waals surface area contributed by atoms with Gasteiger partial charge in [0.2, 0.25) is 5.91 Å². The summed E-state index contributed by atoms with van der Waals surface area (Å²) in [7, 11) is 1.66. The number of benzene rings is 2. The van der Waals surface area contributed by atoms with Gasteiger partial charge in [-0.15, -0.1) is 5.10 Å². The van der Waals surface area contributed by atoms with Gasteiger partial charge in [-0.1, -0.05) is 37.3 Å². The zero-order valence-corrected chi connectivity index (χ0v) is 21.9. The number of hydrogen-bond donors (Lipinski definition) is 1. The SMILES string of the molecule is COc1ccc(-n2nc3c(N4CCC[C@@H](C(=O)NC[C@H](C)c5ccccc5)C4)nnc(C)c3c2C)cc1. The number of methoxy groups -OCH3 is 1. The van der Waals surface area contributed by atoms with E-state index in [0.29, 0.717) is 13.1 Å². The van der Waals surface area contributed by atoms with Crippen LogP contribution in [0.2, 0.25) is 0 Å². The fourth-order valence-corrected chi connectivity index (χ4v) is 5.18. The van der Waals surface area contributed by atoms with Crippen LogP contribution >= 0.6 is 0 Å². The number of aromatic nitrogens is 4. The normalized spacial score (nSPS) is 16.5. The predicted molar refractivity (Wildman–Crippen MR) is 145 cm³/mol. The summed E-state index contributed by atoms with van der Waals surface area (Å²) in [6.07, 6.45) is 1.78. The maximum absolute atomic E-state index is 13.1. The number of hydrogen-bond acceptors (Lipinski definition) is 6. The molecule has 1 fully saturated rings. The highest BCUT2D eigenvalue weighted by atomic mass is 16.5. The van der Waals surface area contributed by atoms with Crippen LogP contribution in [0.15, 0.2) is 54.6 Å². The van der Waals surface area contributed by atoms with Crippen molar-refractivity contribution >= 4 is 22.6 Å². The van der Waals surface area contributed by atoms with Gasteiger partial charge < -0.3 is 15.0 Å². The zero-order valence-electron chi connectivity index (χ0n) is 21.9. The summed E-state index contributed by atoms with van der Waals surface area (Å²) in [5.41, 5.74) is 4.85. The van der Waals surface area contributed by atoms with Crippen LogP contribution in [0.5, 0.6) is 5.75 Å². The van der Waals surface area contributed by atoms with Crippen LogP contribution in [0.1, 0.15) is 42.6 Å². The van der Waals surface area contributed by atoms with Crippen LogP contribution in [-0.2, 0) is 4.79 Å². The van der Waals surface area contributed by atoms with Gasteiger partial charge in [-0.25, -0.2) is 4.68 Å². The van der Waals surface area contributed by atoms with Crippen LogP contribution in [0.25, 0.3) is 16.6 Å². The number of ether oxygens (including phenoxy) is 1. The molecule has 37 heavy (non-hydrogen) atoms. The number of carbonyl (C=O) groups excluding carboxylic acids is 1. The Morgan fingerprint density at radius 3 is 2.59 bits per heavy atom. The van der Waals surface area contributed by atoms with Crippen LogP contribution in [0.4, 0.5) is 5.82 Å². The van der Waals surface area contributed by atoms with Crippen molar-refractivity contribution in [3.63, 3.8) is 0 Å². The number of rotatable bonds is 7. The highest BCUT2D eigenvalue weighted by Gasteiger charge is 2.29. The number of nitrogens with one attached hydrogen (secondary N) is 1. The molecule has 3 heterocycles. The molecule has 4 aromatic rings. The molecule has 5 rings (SSSR count). The molecule has 1 amide bonds. The van der Waals surface area contributed by atoms with Gasteiger partial charge in [-0.05, 0) is 62.4 Å². The maximum atomic E-state index is 13.1. The Bertz CT molecular complexity index is 1380. The number of piperidine rings is 1. The highest BCUT2D eigenvalue weighted by molar-refractivity contribution is 5.92. The molecule has 0 unspecified atom stereocenters. The zero-order chi connectivity index (χ0) is 25.9. The van der Waals surface area contributed by atoms with Crippen LogP contribution in [0, 0.1) is 19.8 Å². The van der Waals surface area contributed by atoms with Crippen molar-refractivity contribution in [3.8, 4) is 11.4 Å². The number of aryl methyl sites for hydroxylation is 2. The number of carbonyl (C=O) groups is 1. The van der Waals surface area contributed by atoms with E-state index in [9.17, 15) is 4.79 Å². The van der Waals surface area contributed by atoms with Gasteiger partial charge in [0.25, 0.3) is 0 Å². The summed E-state index contributed by atoms with van der Waals surface area (Å²) in [5, 5.41) is 18.2. The highest BCUT2D eigenvalue weighted by Crippen LogP contribution is 2.32. The number of amides is 1. The third kappa shape index (κ3) is 5.01. The van der Waals surface area contributed by atoms with E-state index >= 15 is 0 Å². The average molecular weight is 499 g/mol. The van der Waals surface area contributed by atoms with E-state index in [1.165, 1.54) is 5.56 Å². The maximum Gasteiger partial charge on any atom is 0.224 e. The quantitative estimate of drug-likeness (QED) is 0.402. The minimum absolute atomic E-state index is 0.0975. The number of anilines is 1. The second kappa shape index (κ2) is 10.6. The third-order valence-electron chi connectivity index (χ3n) is 7.34. The van der Waals surface area contributed by atoms with E-state index in [-0.39, 0.29) is 17.7 Å². The minimum atomic E-state index is -0.0975. The molecule has 2 aromatic heterocycles. The van der Waals surface area contributed by atoms with Gasteiger partial charge in [-0.3, -0.25) is 4.79 Å². The predicted octanol–water partition coefficient (Wildman–Crippen LogP) is 4.58. The molecular weight excluding hydrogens is 464 g/mol. The Labute approximate surface area is 217 Å². The van der Waals surface area contributed by atoms with Crippen molar-refractivity contribution in [2.45, 2.75) is 39.5 Å². The summed E-state index contributed by atoms with van der Waals surface area (Å²) >= 11 is 0. The first-order valence-electron chi connectivity index (χ1n) is 12.9. The van der Waals surface area contributed by atoms with Crippen molar-refractivity contribution in [1.29, 1.82) is 0 Å². The molecule has 8 nitrogen and oxygen atoms in total. The lowest BCUT2D eigenvalue weighted by atomic mass is 9.96. The average Bonchev–Trinajstić information content (AvgIpc) is 3.30. The standard InChI is InChI=1S/C29H34N6O2/c1-19(22-9-6-5-7-10-22)17-30-29(36)23-11-8-16-34(18-23)28-27-26(20(2)31-32-28)21(3)35(33-27)24-12-14-25(37-4)15-13-24/h5-7,9-10,12-15,19,23H,8,11,16-18H2,1-4H3,(H,30,36)/t19-,23+/m0/s1. The molecule has 0 spiro atoms. The molecule has 0 radical (unpaired) electrons. The largest absolute Gasteiger partial charge is 0.497 e. The van der Waals surface area contributed by atoms with E-state index in [0.717, 1.165) is 58.9 Å². The van der Waals surface area contributed by atoms with E-state index in [1.807, 2.05) is 54.1 Å². The molecule has 2 aromatic carbocycles. The second-order valence-electron chi connectivity index (χ2n) is 9.87. The van der Waals surface area contributed by atoms with E-state index in [2.05, 4.69) is 46.4 Å². The minimum Gasteiger partial charge on any atom is -0.497 e. The Hall–Kier alpha value is -3.94. The summed E-state index contributed by atoms with van der Waals surface area (Å²) < 4.78 is 7.24. The summed E-state index contributed by atoms with van der Waals surface area (Å²) in [6, 6.07) is 18.1. The molecule has 2 atom stereocenters. The molecule has 1 aliphatic rings. The Morgan fingerprint density at radius 1 is 1.11 bits per heavy atom. The van der Waals surface area contributed by atoms with Gasteiger partial charge >= 0.3 is 0 Å². The smallest absolute Gasteiger partial charge is 0.224 e. The second-order valence-corrected chi connectivity index (χ2v) is 9.87. The van der Waals surface area contributed by atoms with Crippen LogP contribution in [-0.4, -0.2) is 52.6 Å². The fourth-order valence-electron chi connectivity index (χ4n) is 5.18. The van der Waals surface area contributed by atoms with Crippen molar-refractivity contribution in [2.24, 2.45) is 5.92 Å². The van der Waals surface area contributed by atoms with Crippen LogP contribution < -0.4 is 15.0 Å². The molecule has 0 bridgehead atoms. The molecule has 1 N–H and O–H groups in total. The summed E-state index contributed by atoms with van der Waals surface area (Å²) in [6.45, 7) is 8.21. The number of nitrogens with zero attached hydrogens (tertiary/aromatic N) is 5. The molecular formula is C29H34N6O2. The summed E-state index contributed by atoms with van der Waals surface area (Å²) in [5.74, 6) is 1.81. The molecule has 8 heteroatoms. The first-order chi connectivity index (χ1) is 18.0. The number of fused-ring (bicyclic) bond motifs is 1. The monoisotopic (exact) mass is 498 g/mol. The van der Waals surface area contributed by atoms with Gasteiger partial charge in [-0.2, -0.15) is 10.2 Å². The third-order valence-corrected chi connectivity index (χ3v) is 7.34. The molecule has 1 saturated heterocycles. The van der Waals surface area contributed by atoms with Gasteiger partial charge in [0.15, 0.2) is 5.82 Å². The first-order valence-corrected chi connectivity index (χ1v) is 12.9. The van der Waals surface area contributed by atoms with Crippen molar-refractivity contribution in [2.75, 3.05) is 31.6 Å². The first kappa shape index (κ1) is 24.7. The van der Waals surface area contributed by atoms with E-state index in [4.69, 9.17) is 9.84 Å². The van der Waals surface area contributed by atoms with E-state index in [1.54, 1.807) is 7.11 Å². The lowest BCUT2D eigenvalue weighted by Gasteiger charge is -2.32. The molecule has 192 valence electrons.